The van der Waals surface area contributed by atoms with Crippen LogP contribution in [-0.4, -0.2) is 23.5 Å². The Balaban J connectivity index is 2.42. The number of hydrogen-bond acceptors (Lipinski definition) is 1. The molecule has 1 saturated heterocycles. The molecule has 1 aliphatic rings. The second kappa shape index (κ2) is 2.14. The first-order valence-electron chi connectivity index (χ1n) is 3.56. The van der Waals surface area contributed by atoms with Crippen molar-refractivity contribution in [2.75, 3.05) is 6.54 Å². The summed E-state index contributed by atoms with van der Waals surface area (Å²) < 4.78 is 0. The van der Waals surface area contributed by atoms with E-state index in [0.29, 0.717) is 12.1 Å². The van der Waals surface area contributed by atoms with E-state index < -0.39 is 0 Å². The van der Waals surface area contributed by atoms with Crippen molar-refractivity contribution >= 4 is 0 Å². The van der Waals surface area contributed by atoms with Gasteiger partial charge in [0.1, 0.15) is 0 Å². The lowest BCUT2D eigenvalue weighted by molar-refractivity contribution is 0.134. The summed E-state index contributed by atoms with van der Waals surface area (Å²) in [4.78, 5) is 2.43. The van der Waals surface area contributed by atoms with Crippen molar-refractivity contribution in [3.05, 3.63) is 12.2 Å². The molecule has 0 bridgehead atoms. The van der Waals surface area contributed by atoms with E-state index in [1.54, 1.807) is 0 Å². The highest BCUT2D eigenvalue weighted by Gasteiger charge is 2.28. The van der Waals surface area contributed by atoms with Crippen LogP contribution in [0.15, 0.2) is 12.2 Å². The highest BCUT2D eigenvalue weighted by atomic mass is 15.2. The summed E-state index contributed by atoms with van der Waals surface area (Å²) in [6.07, 6.45) is 0. The minimum atomic E-state index is 0.630. The van der Waals surface area contributed by atoms with E-state index in [-0.39, 0.29) is 0 Å². The van der Waals surface area contributed by atoms with E-state index in [2.05, 4.69) is 32.3 Å². The van der Waals surface area contributed by atoms with Gasteiger partial charge in [0.15, 0.2) is 0 Å². The third-order valence-electron chi connectivity index (χ3n) is 2.14. The Bertz CT molecular complexity index is 127. The summed E-state index contributed by atoms with van der Waals surface area (Å²) in [5.74, 6) is 0. The topological polar surface area (TPSA) is 3.24 Å². The van der Waals surface area contributed by atoms with Crippen molar-refractivity contribution in [3.63, 3.8) is 0 Å². The van der Waals surface area contributed by atoms with Crippen LogP contribution in [0.5, 0.6) is 0 Å². The van der Waals surface area contributed by atoms with Gasteiger partial charge >= 0.3 is 0 Å². The minimum Gasteiger partial charge on any atom is -0.291 e. The molecule has 0 amide bonds. The summed E-state index contributed by atoms with van der Waals surface area (Å²) >= 11 is 0. The van der Waals surface area contributed by atoms with Gasteiger partial charge in [0, 0.05) is 18.6 Å². The van der Waals surface area contributed by atoms with Crippen LogP contribution in [-0.2, 0) is 0 Å². The lowest BCUT2D eigenvalue weighted by atomic mass is 9.97. The Morgan fingerprint density at radius 1 is 1.67 bits per heavy atom. The molecule has 0 aliphatic carbocycles. The van der Waals surface area contributed by atoms with Crippen molar-refractivity contribution < 1.29 is 0 Å². The molecule has 0 aromatic rings. The molecule has 52 valence electrons. The average Bonchev–Trinajstić information content (AvgIpc) is 1.81. The normalized spacial score (nSPS) is 28.9. The Morgan fingerprint density at radius 2 is 2.22 bits per heavy atom. The van der Waals surface area contributed by atoms with E-state index in [1.165, 1.54) is 5.57 Å². The summed E-state index contributed by atoms with van der Waals surface area (Å²) in [6, 6.07) is 1.32. The summed E-state index contributed by atoms with van der Waals surface area (Å²) in [6.45, 7) is 11.7. The average molecular weight is 125 g/mol. The van der Waals surface area contributed by atoms with Gasteiger partial charge in [-0.15, -0.1) is 0 Å². The van der Waals surface area contributed by atoms with Crippen molar-refractivity contribution in [3.8, 4) is 0 Å². The maximum Gasteiger partial charge on any atom is 0.0295 e. The standard InChI is InChI=1S/C8H15N/c1-6(2)9-5-7(3)8(9)4/h6,8H,3,5H2,1-2,4H3/t8-/m1/s1. The Kier molecular flexibility index (Phi) is 1.62. The number of hydrogen-bond donors (Lipinski definition) is 0. The van der Waals surface area contributed by atoms with Crippen LogP contribution in [0.4, 0.5) is 0 Å². The molecule has 0 N–H and O–H groups in total. The molecule has 1 nitrogen and oxygen atoms in total. The predicted molar refractivity (Wildman–Crippen MR) is 40.4 cm³/mol. The predicted octanol–water partition coefficient (Wildman–Crippen LogP) is 1.66. The molecule has 0 radical (unpaired) electrons. The highest BCUT2D eigenvalue weighted by Crippen LogP contribution is 2.23. The number of rotatable bonds is 1. The zero-order chi connectivity index (χ0) is 7.02. The molecular weight excluding hydrogens is 110 g/mol. The Labute approximate surface area is 57.4 Å². The van der Waals surface area contributed by atoms with Crippen LogP contribution in [0.1, 0.15) is 20.8 Å². The van der Waals surface area contributed by atoms with E-state index in [4.69, 9.17) is 0 Å². The van der Waals surface area contributed by atoms with Crippen molar-refractivity contribution in [2.45, 2.75) is 32.9 Å². The van der Waals surface area contributed by atoms with Gasteiger partial charge in [-0.05, 0) is 26.3 Å². The fraction of sp³-hybridized carbons (Fsp3) is 0.750. The fourth-order valence-electron chi connectivity index (χ4n) is 1.26. The monoisotopic (exact) mass is 125 g/mol. The molecular formula is C8H15N. The second-order valence-electron chi connectivity index (χ2n) is 3.10. The van der Waals surface area contributed by atoms with Crippen LogP contribution in [0.25, 0.3) is 0 Å². The number of nitrogens with zero attached hydrogens (tertiary/aromatic N) is 1. The summed E-state index contributed by atoms with van der Waals surface area (Å²) in [7, 11) is 0. The SMILES string of the molecule is C=C1CN(C(C)C)[C@@H]1C. The molecule has 1 heteroatoms. The third kappa shape index (κ3) is 1.01. The second-order valence-corrected chi connectivity index (χ2v) is 3.10. The lowest BCUT2D eigenvalue weighted by Crippen LogP contribution is -2.51. The van der Waals surface area contributed by atoms with Gasteiger partial charge in [-0.3, -0.25) is 4.90 Å². The third-order valence-corrected chi connectivity index (χ3v) is 2.14. The Morgan fingerprint density at radius 3 is 2.33 bits per heavy atom. The van der Waals surface area contributed by atoms with Crippen LogP contribution < -0.4 is 0 Å². The first-order valence-corrected chi connectivity index (χ1v) is 3.56. The van der Waals surface area contributed by atoms with Gasteiger partial charge < -0.3 is 0 Å². The fourth-order valence-corrected chi connectivity index (χ4v) is 1.26. The molecule has 0 spiro atoms. The molecule has 1 fully saturated rings. The van der Waals surface area contributed by atoms with Crippen molar-refractivity contribution in [2.24, 2.45) is 0 Å². The summed E-state index contributed by atoms with van der Waals surface area (Å²) in [5.41, 5.74) is 1.38. The van der Waals surface area contributed by atoms with Crippen LogP contribution >= 0.6 is 0 Å². The van der Waals surface area contributed by atoms with Crippen LogP contribution in [0, 0.1) is 0 Å². The van der Waals surface area contributed by atoms with Crippen LogP contribution in [0.3, 0.4) is 0 Å². The molecule has 1 heterocycles. The lowest BCUT2D eigenvalue weighted by Gasteiger charge is -2.43. The van der Waals surface area contributed by atoms with Gasteiger partial charge in [0.2, 0.25) is 0 Å². The van der Waals surface area contributed by atoms with Gasteiger partial charge in [-0.1, -0.05) is 6.58 Å². The Hall–Kier alpha value is -0.300. The molecule has 0 aromatic heterocycles. The molecule has 1 rings (SSSR count). The maximum atomic E-state index is 3.93. The van der Waals surface area contributed by atoms with E-state index in [1.807, 2.05) is 0 Å². The van der Waals surface area contributed by atoms with Gasteiger partial charge in [-0.2, -0.15) is 0 Å². The van der Waals surface area contributed by atoms with Crippen LogP contribution in [0.2, 0.25) is 0 Å². The highest BCUT2D eigenvalue weighted by molar-refractivity contribution is 5.17. The minimum absolute atomic E-state index is 0.630. The van der Waals surface area contributed by atoms with E-state index in [0.717, 1.165) is 6.54 Å². The van der Waals surface area contributed by atoms with Crippen molar-refractivity contribution in [1.29, 1.82) is 0 Å². The number of likely N-dealkylation sites (tertiary alicyclic amines) is 1. The maximum absolute atomic E-state index is 3.93. The quantitative estimate of drug-likeness (QED) is 0.482. The van der Waals surface area contributed by atoms with Gasteiger partial charge in [0.05, 0.1) is 0 Å². The zero-order valence-electron chi connectivity index (χ0n) is 6.52. The molecule has 1 aliphatic heterocycles. The van der Waals surface area contributed by atoms with Gasteiger partial charge in [-0.25, -0.2) is 0 Å². The molecule has 9 heavy (non-hydrogen) atoms. The molecule has 0 unspecified atom stereocenters. The zero-order valence-corrected chi connectivity index (χ0v) is 6.52. The largest absolute Gasteiger partial charge is 0.291 e. The smallest absolute Gasteiger partial charge is 0.0295 e. The molecule has 1 atom stereocenters. The first kappa shape index (κ1) is 6.81. The van der Waals surface area contributed by atoms with Gasteiger partial charge in [0.25, 0.3) is 0 Å². The molecule has 0 aromatic carbocycles. The first-order chi connectivity index (χ1) is 4.13. The van der Waals surface area contributed by atoms with Crippen molar-refractivity contribution in [1.82, 2.24) is 4.90 Å². The molecule has 0 saturated carbocycles. The summed E-state index contributed by atoms with van der Waals surface area (Å²) in [5, 5.41) is 0. The van der Waals surface area contributed by atoms with E-state index >= 15 is 0 Å². The van der Waals surface area contributed by atoms with E-state index in [9.17, 15) is 0 Å².